The summed E-state index contributed by atoms with van der Waals surface area (Å²) in [4.78, 5) is 11.5. The second-order valence-electron chi connectivity index (χ2n) is 6.57. The van der Waals surface area contributed by atoms with E-state index in [0.29, 0.717) is 5.95 Å². The molecule has 25 heavy (non-hydrogen) atoms. The minimum atomic E-state index is 0.647. The summed E-state index contributed by atoms with van der Waals surface area (Å²) in [6, 6.07) is 16.9. The zero-order valence-electron chi connectivity index (χ0n) is 14.7. The van der Waals surface area contributed by atoms with Gasteiger partial charge in [0.15, 0.2) is 0 Å². The van der Waals surface area contributed by atoms with Gasteiger partial charge in [0.25, 0.3) is 0 Å². The third-order valence-electron chi connectivity index (χ3n) is 4.81. The Morgan fingerprint density at radius 3 is 2.48 bits per heavy atom. The van der Waals surface area contributed by atoms with Gasteiger partial charge < -0.3 is 10.2 Å². The number of fused-ring (bicyclic) bond motifs is 1. The SMILES string of the molecule is Cc1cccc(C)c1Nc1nccc(N2CCc3ccccc3C2)n1. The van der Waals surface area contributed by atoms with Gasteiger partial charge in [-0.25, -0.2) is 4.98 Å². The van der Waals surface area contributed by atoms with Crippen LogP contribution in [0.4, 0.5) is 17.5 Å². The van der Waals surface area contributed by atoms with Crippen LogP contribution in [0, 0.1) is 13.8 Å². The summed E-state index contributed by atoms with van der Waals surface area (Å²) in [6.45, 7) is 6.08. The van der Waals surface area contributed by atoms with Crippen LogP contribution in [-0.4, -0.2) is 16.5 Å². The molecular weight excluding hydrogens is 308 g/mol. The van der Waals surface area contributed by atoms with Crippen LogP contribution in [0.15, 0.2) is 54.7 Å². The van der Waals surface area contributed by atoms with Crippen molar-refractivity contribution < 1.29 is 0 Å². The first-order chi connectivity index (χ1) is 12.2. The number of benzene rings is 2. The van der Waals surface area contributed by atoms with Crippen LogP contribution in [0.5, 0.6) is 0 Å². The Hall–Kier alpha value is -2.88. The molecule has 0 aliphatic carbocycles. The topological polar surface area (TPSA) is 41.1 Å². The summed E-state index contributed by atoms with van der Waals surface area (Å²) in [5.74, 6) is 1.62. The molecule has 0 saturated carbocycles. The fraction of sp³-hybridized carbons (Fsp3) is 0.238. The van der Waals surface area contributed by atoms with Gasteiger partial charge in [0, 0.05) is 25.0 Å². The standard InChI is InChI=1S/C21H22N4/c1-15-6-5-7-16(2)20(15)24-21-22-12-10-19(23-21)25-13-11-17-8-3-4-9-18(17)14-25/h3-10,12H,11,13-14H2,1-2H3,(H,22,23,24). The molecule has 0 unspecified atom stereocenters. The molecule has 1 aliphatic rings. The first-order valence-electron chi connectivity index (χ1n) is 8.69. The van der Waals surface area contributed by atoms with Crippen LogP contribution in [0.25, 0.3) is 0 Å². The molecular formula is C21H22N4. The van der Waals surface area contributed by atoms with E-state index < -0.39 is 0 Å². The van der Waals surface area contributed by atoms with Gasteiger partial charge in [0.05, 0.1) is 0 Å². The third kappa shape index (κ3) is 3.20. The second-order valence-corrected chi connectivity index (χ2v) is 6.57. The molecule has 2 heterocycles. The number of hydrogen-bond donors (Lipinski definition) is 1. The number of aryl methyl sites for hydroxylation is 2. The fourth-order valence-electron chi connectivity index (χ4n) is 3.40. The normalized spacial score (nSPS) is 13.4. The van der Waals surface area contributed by atoms with Crippen molar-refractivity contribution in [3.63, 3.8) is 0 Å². The van der Waals surface area contributed by atoms with Gasteiger partial charge in [-0.3, -0.25) is 0 Å². The van der Waals surface area contributed by atoms with E-state index in [0.717, 1.165) is 31.0 Å². The zero-order chi connectivity index (χ0) is 17.2. The van der Waals surface area contributed by atoms with E-state index in [-0.39, 0.29) is 0 Å². The molecule has 2 aromatic carbocycles. The molecule has 0 atom stereocenters. The van der Waals surface area contributed by atoms with E-state index in [1.807, 2.05) is 12.3 Å². The molecule has 4 nitrogen and oxygen atoms in total. The monoisotopic (exact) mass is 330 g/mol. The van der Waals surface area contributed by atoms with Gasteiger partial charge in [0.1, 0.15) is 5.82 Å². The zero-order valence-corrected chi connectivity index (χ0v) is 14.7. The van der Waals surface area contributed by atoms with Crippen molar-refractivity contribution in [2.24, 2.45) is 0 Å². The van der Waals surface area contributed by atoms with Crippen molar-refractivity contribution in [3.8, 4) is 0 Å². The van der Waals surface area contributed by atoms with Gasteiger partial charge in [-0.2, -0.15) is 4.98 Å². The lowest BCUT2D eigenvalue weighted by Crippen LogP contribution is -2.31. The molecule has 0 saturated heterocycles. The molecule has 4 rings (SSSR count). The molecule has 0 bridgehead atoms. The number of rotatable bonds is 3. The Labute approximate surface area is 148 Å². The van der Waals surface area contributed by atoms with Gasteiger partial charge in [-0.15, -0.1) is 0 Å². The molecule has 0 radical (unpaired) electrons. The van der Waals surface area contributed by atoms with Crippen molar-refractivity contribution in [3.05, 3.63) is 77.0 Å². The van der Waals surface area contributed by atoms with Crippen LogP contribution in [0.3, 0.4) is 0 Å². The van der Waals surface area contributed by atoms with Gasteiger partial charge in [0.2, 0.25) is 5.95 Å². The van der Waals surface area contributed by atoms with Crippen molar-refractivity contribution in [2.75, 3.05) is 16.8 Å². The molecule has 4 heteroatoms. The van der Waals surface area contributed by atoms with E-state index in [1.54, 1.807) is 0 Å². The summed E-state index contributed by atoms with van der Waals surface area (Å²) < 4.78 is 0. The quantitative estimate of drug-likeness (QED) is 0.773. The summed E-state index contributed by atoms with van der Waals surface area (Å²) in [5.41, 5.74) is 6.31. The Kier molecular flexibility index (Phi) is 4.10. The van der Waals surface area contributed by atoms with E-state index >= 15 is 0 Å². The highest BCUT2D eigenvalue weighted by Gasteiger charge is 2.17. The number of nitrogens with one attached hydrogen (secondary N) is 1. The summed E-state index contributed by atoms with van der Waals surface area (Å²) in [6.07, 6.45) is 2.89. The Morgan fingerprint density at radius 1 is 0.920 bits per heavy atom. The lowest BCUT2D eigenvalue weighted by atomic mass is 10.00. The van der Waals surface area contributed by atoms with Crippen molar-refractivity contribution in [2.45, 2.75) is 26.8 Å². The average Bonchev–Trinajstić information content (AvgIpc) is 2.65. The van der Waals surface area contributed by atoms with E-state index in [9.17, 15) is 0 Å². The highest BCUT2D eigenvalue weighted by atomic mass is 15.2. The second kappa shape index (κ2) is 6.55. The predicted molar refractivity (Wildman–Crippen MR) is 102 cm³/mol. The lowest BCUT2D eigenvalue weighted by molar-refractivity contribution is 0.720. The van der Waals surface area contributed by atoms with Crippen molar-refractivity contribution >= 4 is 17.5 Å². The molecule has 0 fully saturated rings. The van der Waals surface area contributed by atoms with E-state index in [4.69, 9.17) is 4.98 Å². The highest BCUT2D eigenvalue weighted by molar-refractivity contribution is 5.63. The number of para-hydroxylation sites is 1. The molecule has 1 aliphatic heterocycles. The Morgan fingerprint density at radius 2 is 1.68 bits per heavy atom. The molecule has 1 N–H and O–H groups in total. The van der Waals surface area contributed by atoms with Crippen LogP contribution < -0.4 is 10.2 Å². The minimum Gasteiger partial charge on any atom is -0.352 e. The van der Waals surface area contributed by atoms with Crippen LogP contribution >= 0.6 is 0 Å². The highest BCUT2D eigenvalue weighted by Crippen LogP contribution is 2.26. The van der Waals surface area contributed by atoms with E-state index in [1.165, 1.54) is 22.3 Å². The van der Waals surface area contributed by atoms with Crippen LogP contribution in [0.2, 0.25) is 0 Å². The largest absolute Gasteiger partial charge is 0.352 e. The number of hydrogen-bond acceptors (Lipinski definition) is 4. The lowest BCUT2D eigenvalue weighted by Gasteiger charge is -2.29. The van der Waals surface area contributed by atoms with Gasteiger partial charge >= 0.3 is 0 Å². The average molecular weight is 330 g/mol. The molecule has 1 aromatic heterocycles. The summed E-state index contributed by atoms with van der Waals surface area (Å²) >= 11 is 0. The molecule has 0 spiro atoms. The number of aromatic nitrogens is 2. The minimum absolute atomic E-state index is 0.647. The van der Waals surface area contributed by atoms with Crippen molar-refractivity contribution in [1.29, 1.82) is 0 Å². The maximum Gasteiger partial charge on any atom is 0.229 e. The van der Waals surface area contributed by atoms with Crippen LogP contribution in [-0.2, 0) is 13.0 Å². The third-order valence-corrected chi connectivity index (χ3v) is 4.81. The molecule has 126 valence electrons. The Bertz CT molecular complexity index is 884. The fourth-order valence-corrected chi connectivity index (χ4v) is 3.40. The van der Waals surface area contributed by atoms with Crippen molar-refractivity contribution in [1.82, 2.24) is 9.97 Å². The molecule has 0 amide bonds. The summed E-state index contributed by atoms with van der Waals surface area (Å²) in [7, 11) is 0. The van der Waals surface area contributed by atoms with Gasteiger partial charge in [-0.05, 0) is 48.6 Å². The first kappa shape index (κ1) is 15.6. The van der Waals surface area contributed by atoms with Gasteiger partial charge in [-0.1, -0.05) is 42.5 Å². The Balaban J connectivity index is 1.58. The predicted octanol–water partition coefficient (Wildman–Crippen LogP) is 4.40. The first-order valence-corrected chi connectivity index (χ1v) is 8.69. The number of anilines is 3. The summed E-state index contributed by atoms with van der Waals surface area (Å²) in [5, 5.41) is 3.39. The van der Waals surface area contributed by atoms with E-state index in [2.05, 4.69) is 71.5 Å². The van der Waals surface area contributed by atoms with Crippen LogP contribution in [0.1, 0.15) is 22.3 Å². The molecule has 3 aromatic rings. The maximum absolute atomic E-state index is 4.75. The number of nitrogens with zero attached hydrogens (tertiary/aromatic N) is 3. The smallest absolute Gasteiger partial charge is 0.229 e. The maximum atomic E-state index is 4.75.